The second kappa shape index (κ2) is 3.14. The Labute approximate surface area is 74.7 Å². The summed E-state index contributed by atoms with van der Waals surface area (Å²) in [5, 5.41) is 9.08. The van der Waals surface area contributed by atoms with Crippen LogP contribution >= 0.6 is 0 Å². The fourth-order valence-corrected chi connectivity index (χ4v) is 1.07. The van der Waals surface area contributed by atoms with E-state index in [4.69, 9.17) is 4.52 Å². The Balaban J connectivity index is 2.12. The molecule has 2 rings (SSSR count). The second-order valence-electron chi connectivity index (χ2n) is 2.89. The summed E-state index contributed by atoms with van der Waals surface area (Å²) in [6.07, 6.45) is 0. The number of nitrogens with one attached hydrogen (secondary N) is 2. The SMILES string of the molecule is CNC(=O)c1noc(C2CNC2)n1. The average molecular weight is 182 g/mol. The summed E-state index contributed by atoms with van der Waals surface area (Å²) in [5.41, 5.74) is 0. The zero-order chi connectivity index (χ0) is 9.26. The molecule has 2 N–H and O–H groups in total. The van der Waals surface area contributed by atoms with Crippen molar-refractivity contribution in [1.82, 2.24) is 20.8 Å². The molecule has 1 aromatic rings. The number of carbonyl (C=O) groups excluding carboxylic acids is 1. The van der Waals surface area contributed by atoms with E-state index in [0.29, 0.717) is 5.89 Å². The smallest absolute Gasteiger partial charge is 0.292 e. The molecule has 13 heavy (non-hydrogen) atoms. The van der Waals surface area contributed by atoms with Crippen molar-refractivity contribution in [3.05, 3.63) is 11.7 Å². The molecule has 1 saturated heterocycles. The maximum Gasteiger partial charge on any atom is 0.292 e. The van der Waals surface area contributed by atoms with Crippen molar-refractivity contribution in [3.63, 3.8) is 0 Å². The first kappa shape index (κ1) is 8.18. The van der Waals surface area contributed by atoms with Crippen LogP contribution in [-0.2, 0) is 0 Å². The molecule has 2 heterocycles. The van der Waals surface area contributed by atoms with Gasteiger partial charge in [0, 0.05) is 20.1 Å². The van der Waals surface area contributed by atoms with Crippen LogP contribution in [0.1, 0.15) is 22.4 Å². The van der Waals surface area contributed by atoms with Gasteiger partial charge in [-0.25, -0.2) is 0 Å². The second-order valence-corrected chi connectivity index (χ2v) is 2.89. The normalized spacial score (nSPS) is 16.7. The van der Waals surface area contributed by atoms with Gasteiger partial charge in [-0.1, -0.05) is 5.16 Å². The highest BCUT2D eigenvalue weighted by Crippen LogP contribution is 2.16. The number of nitrogens with zero attached hydrogens (tertiary/aromatic N) is 2. The lowest BCUT2D eigenvalue weighted by Gasteiger charge is -2.22. The van der Waals surface area contributed by atoms with Gasteiger partial charge in [0.15, 0.2) is 0 Å². The van der Waals surface area contributed by atoms with Gasteiger partial charge in [-0.15, -0.1) is 0 Å². The molecule has 1 aliphatic rings. The van der Waals surface area contributed by atoms with E-state index in [2.05, 4.69) is 20.8 Å². The highest BCUT2D eigenvalue weighted by molar-refractivity contribution is 5.89. The predicted molar refractivity (Wildman–Crippen MR) is 43.3 cm³/mol. The third-order valence-corrected chi connectivity index (χ3v) is 2.00. The Hall–Kier alpha value is -1.43. The maximum atomic E-state index is 11.0. The minimum Gasteiger partial charge on any atom is -0.352 e. The summed E-state index contributed by atoms with van der Waals surface area (Å²) in [6.45, 7) is 1.69. The molecule has 0 bridgehead atoms. The van der Waals surface area contributed by atoms with Crippen LogP contribution in [0, 0.1) is 0 Å². The molecular formula is C7H10N4O2. The maximum absolute atomic E-state index is 11.0. The minimum absolute atomic E-state index is 0.101. The molecule has 0 aromatic carbocycles. The molecule has 1 aromatic heterocycles. The molecular weight excluding hydrogens is 172 g/mol. The number of aromatic nitrogens is 2. The standard InChI is InChI=1S/C7H10N4O2/c1-8-6(12)5-10-7(13-11-5)4-2-9-3-4/h4,9H,2-3H2,1H3,(H,8,12). The number of hydrogen-bond acceptors (Lipinski definition) is 5. The molecule has 6 heteroatoms. The number of rotatable bonds is 2. The first-order valence-electron chi connectivity index (χ1n) is 4.07. The molecule has 70 valence electrons. The quantitative estimate of drug-likeness (QED) is 0.620. The molecule has 0 unspecified atom stereocenters. The van der Waals surface area contributed by atoms with Crippen molar-refractivity contribution in [3.8, 4) is 0 Å². The van der Waals surface area contributed by atoms with E-state index < -0.39 is 0 Å². The van der Waals surface area contributed by atoms with E-state index in [1.165, 1.54) is 7.05 Å². The lowest BCUT2D eigenvalue weighted by molar-refractivity contribution is 0.0950. The van der Waals surface area contributed by atoms with Crippen LogP contribution in [0.4, 0.5) is 0 Å². The third-order valence-electron chi connectivity index (χ3n) is 2.00. The Bertz CT molecular complexity index is 318. The number of amides is 1. The van der Waals surface area contributed by atoms with E-state index in [0.717, 1.165) is 13.1 Å². The molecule has 0 atom stereocenters. The topological polar surface area (TPSA) is 80.0 Å². The molecule has 0 radical (unpaired) electrons. The molecule has 6 nitrogen and oxygen atoms in total. The van der Waals surface area contributed by atoms with E-state index in [-0.39, 0.29) is 17.6 Å². The van der Waals surface area contributed by atoms with Gasteiger partial charge in [0.25, 0.3) is 11.7 Å². The molecule has 0 aliphatic carbocycles. The lowest BCUT2D eigenvalue weighted by atomic mass is 10.0. The van der Waals surface area contributed by atoms with Crippen LogP contribution in [0.25, 0.3) is 0 Å². The molecule has 1 aliphatic heterocycles. The number of hydrogen-bond donors (Lipinski definition) is 2. The van der Waals surface area contributed by atoms with E-state index in [9.17, 15) is 4.79 Å². The highest BCUT2D eigenvalue weighted by atomic mass is 16.5. The van der Waals surface area contributed by atoms with Crippen molar-refractivity contribution >= 4 is 5.91 Å². The lowest BCUT2D eigenvalue weighted by Crippen LogP contribution is -2.40. The molecule has 1 amide bonds. The molecule has 0 spiro atoms. The zero-order valence-corrected chi connectivity index (χ0v) is 7.20. The fraction of sp³-hybridized carbons (Fsp3) is 0.571. The Kier molecular flexibility index (Phi) is 1.97. The Morgan fingerprint density at radius 3 is 3.00 bits per heavy atom. The van der Waals surface area contributed by atoms with Gasteiger partial charge in [-0.3, -0.25) is 4.79 Å². The Morgan fingerprint density at radius 2 is 2.46 bits per heavy atom. The van der Waals surface area contributed by atoms with Crippen molar-refractivity contribution in [2.24, 2.45) is 0 Å². The van der Waals surface area contributed by atoms with Gasteiger partial charge in [-0.05, 0) is 0 Å². The van der Waals surface area contributed by atoms with Gasteiger partial charge < -0.3 is 15.2 Å². The fourth-order valence-electron chi connectivity index (χ4n) is 1.07. The van der Waals surface area contributed by atoms with Crippen molar-refractivity contribution in [1.29, 1.82) is 0 Å². The largest absolute Gasteiger partial charge is 0.352 e. The third kappa shape index (κ3) is 1.40. The number of carbonyl (C=O) groups is 1. The first-order chi connectivity index (χ1) is 6.31. The van der Waals surface area contributed by atoms with Crippen LogP contribution in [0.5, 0.6) is 0 Å². The van der Waals surface area contributed by atoms with Crippen LogP contribution in [0.3, 0.4) is 0 Å². The van der Waals surface area contributed by atoms with E-state index in [1.807, 2.05) is 0 Å². The minimum atomic E-state index is -0.317. The molecule has 1 fully saturated rings. The zero-order valence-electron chi connectivity index (χ0n) is 7.20. The van der Waals surface area contributed by atoms with E-state index >= 15 is 0 Å². The van der Waals surface area contributed by atoms with Crippen LogP contribution in [-0.4, -0.2) is 36.2 Å². The van der Waals surface area contributed by atoms with Crippen molar-refractivity contribution < 1.29 is 9.32 Å². The monoisotopic (exact) mass is 182 g/mol. The van der Waals surface area contributed by atoms with Gasteiger partial charge in [-0.2, -0.15) is 4.98 Å². The van der Waals surface area contributed by atoms with Gasteiger partial charge in [0.2, 0.25) is 5.89 Å². The van der Waals surface area contributed by atoms with Crippen LogP contribution in [0.15, 0.2) is 4.52 Å². The summed E-state index contributed by atoms with van der Waals surface area (Å²) in [4.78, 5) is 15.0. The average Bonchev–Trinajstić information content (AvgIpc) is 2.49. The molecule has 0 saturated carbocycles. The Morgan fingerprint density at radius 1 is 1.69 bits per heavy atom. The van der Waals surface area contributed by atoms with Gasteiger partial charge in [0.1, 0.15) is 0 Å². The van der Waals surface area contributed by atoms with Gasteiger partial charge >= 0.3 is 0 Å². The summed E-state index contributed by atoms with van der Waals surface area (Å²) in [7, 11) is 1.53. The van der Waals surface area contributed by atoms with Crippen molar-refractivity contribution in [2.75, 3.05) is 20.1 Å². The van der Waals surface area contributed by atoms with E-state index in [1.54, 1.807) is 0 Å². The first-order valence-corrected chi connectivity index (χ1v) is 4.07. The van der Waals surface area contributed by atoms with Crippen LogP contribution in [0.2, 0.25) is 0 Å². The van der Waals surface area contributed by atoms with Crippen LogP contribution < -0.4 is 10.6 Å². The van der Waals surface area contributed by atoms with Crippen molar-refractivity contribution in [2.45, 2.75) is 5.92 Å². The summed E-state index contributed by atoms with van der Waals surface area (Å²) >= 11 is 0. The summed E-state index contributed by atoms with van der Waals surface area (Å²) in [6, 6.07) is 0. The predicted octanol–water partition coefficient (Wildman–Crippen LogP) is -0.884. The summed E-state index contributed by atoms with van der Waals surface area (Å²) < 4.78 is 4.93. The highest BCUT2D eigenvalue weighted by Gasteiger charge is 2.26. The summed E-state index contributed by atoms with van der Waals surface area (Å²) in [5.74, 6) is 0.593. The van der Waals surface area contributed by atoms with Gasteiger partial charge in [0.05, 0.1) is 5.92 Å².